The van der Waals surface area contributed by atoms with Crippen molar-refractivity contribution in [2.45, 2.75) is 13.0 Å². The number of nitrogens with one attached hydrogen (secondary N) is 1. The number of hydrogen-bond donors (Lipinski definition) is 2. The van der Waals surface area contributed by atoms with Gasteiger partial charge in [0.2, 0.25) is 0 Å². The van der Waals surface area contributed by atoms with Crippen LogP contribution in [0.4, 0.5) is 0 Å². The Hall–Kier alpha value is -0.910. The molecule has 1 aromatic heterocycles. The monoisotopic (exact) mass is 210 g/mol. The molecule has 5 heteroatoms. The van der Waals surface area contributed by atoms with E-state index in [1.807, 2.05) is 6.92 Å². The lowest BCUT2D eigenvalue weighted by molar-refractivity contribution is 0.0170. The van der Waals surface area contributed by atoms with Crippen molar-refractivity contribution in [2.75, 3.05) is 32.8 Å². The van der Waals surface area contributed by atoms with Crippen LogP contribution in [0.3, 0.4) is 0 Å². The maximum Gasteiger partial charge on any atom is 0.0925 e. The smallest absolute Gasteiger partial charge is 0.0925 e. The maximum absolute atomic E-state index is 5.83. The topological polar surface area (TPSA) is 67.2 Å². The summed E-state index contributed by atoms with van der Waals surface area (Å²) in [6.07, 6.45) is 1.73. The number of aromatic amines is 1. The minimum absolute atomic E-state index is 0.222. The largest absolute Gasteiger partial charge is 0.379 e. The molecule has 0 saturated carbocycles. The molecule has 1 saturated heterocycles. The first-order chi connectivity index (χ1) is 7.33. The molecule has 2 heterocycles. The first-order valence-electron chi connectivity index (χ1n) is 5.34. The normalized spacial score (nSPS) is 20.4. The van der Waals surface area contributed by atoms with Crippen molar-refractivity contribution in [2.24, 2.45) is 5.73 Å². The Balaban J connectivity index is 2.12. The predicted molar refractivity (Wildman–Crippen MR) is 57.5 cm³/mol. The van der Waals surface area contributed by atoms with Gasteiger partial charge in [0.25, 0.3) is 0 Å². The van der Waals surface area contributed by atoms with Crippen LogP contribution in [0.2, 0.25) is 0 Å². The van der Waals surface area contributed by atoms with Crippen molar-refractivity contribution in [3.63, 3.8) is 0 Å². The summed E-state index contributed by atoms with van der Waals surface area (Å²) in [5, 5.41) is 0. The van der Waals surface area contributed by atoms with Crippen LogP contribution in [0.15, 0.2) is 6.33 Å². The standard InChI is InChI=1S/C10H18N4O/c1-8-10(13-7-12-8)9(6-11)14-2-4-15-5-3-14/h7,9H,2-6,11H2,1H3,(H,12,13). The number of ether oxygens (including phenoxy) is 1. The summed E-state index contributed by atoms with van der Waals surface area (Å²) in [7, 11) is 0. The summed E-state index contributed by atoms with van der Waals surface area (Å²) in [6.45, 7) is 6.10. The highest BCUT2D eigenvalue weighted by molar-refractivity contribution is 5.14. The van der Waals surface area contributed by atoms with Crippen molar-refractivity contribution in [1.29, 1.82) is 0 Å². The van der Waals surface area contributed by atoms with E-state index in [9.17, 15) is 0 Å². The molecule has 0 spiro atoms. The number of nitrogens with zero attached hydrogens (tertiary/aromatic N) is 2. The Labute approximate surface area is 89.6 Å². The van der Waals surface area contributed by atoms with Crippen LogP contribution in [-0.4, -0.2) is 47.7 Å². The zero-order valence-electron chi connectivity index (χ0n) is 9.07. The van der Waals surface area contributed by atoms with E-state index >= 15 is 0 Å². The van der Waals surface area contributed by atoms with Crippen LogP contribution in [0, 0.1) is 6.92 Å². The third kappa shape index (κ3) is 2.19. The lowest BCUT2D eigenvalue weighted by atomic mass is 10.1. The summed E-state index contributed by atoms with van der Waals surface area (Å²) in [4.78, 5) is 9.78. The Bertz CT molecular complexity index is 306. The Morgan fingerprint density at radius 1 is 1.60 bits per heavy atom. The van der Waals surface area contributed by atoms with Gasteiger partial charge in [-0.25, -0.2) is 4.98 Å². The first-order valence-corrected chi connectivity index (χ1v) is 5.34. The van der Waals surface area contributed by atoms with Crippen molar-refractivity contribution in [1.82, 2.24) is 14.9 Å². The van der Waals surface area contributed by atoms with Crippen LogP contribution in [0.1, 0.15) is 17.4 Å². The predicted octanol–water partition coefficient (Wildman–Crippen LogP) is 0.0501. The zero-order valence-corrected chi connectivity index (χ0v) is 9.07. The molecular weight excluding hydrogens is 192 g/mol. The molecular formula is C10H18N4O. The van der Waals surface area contributed by atoms with Crippen molar-refractivity contribution >= 4 is 0 Å². The average Bonchev–Trinajstić information content (AvgIpc) is 2.68. The number of rotatable bonds is 3. The highest BCUT2D eigenvalue weighted by Crippen LogP contribution is 2.20. The molecule has 1 aromatic rings. The van der Waals surface area contributed by atoms with Gasteiger partial charge in [-0.1, -0.05) is 0 Å². The van der Waals surface area contributed by atoms with Crippen LogP contribution in [0.5, 0.6) is 0 Å². The van der Waals surface area contributed by atoms with Crippen LogP contribution >= 0.6 is 0 Å². The summed E-state index contributed by atoms with van der Waals surface area (Å²) >= 11 is 0. The summed E-state index contributed by atoms with van der Waals surface area (Å²) in [5.41, 5.74) is 8.00. The third-order valence-electron chi connectivity index (χ3n) is 2.89. The molecule has 1 aliphatic rings. The fraction of sp³-hybridized carbons (Fsp3) is 0.700. The molecule has 5 nitrogen and oxygen atoms in total. The van der Waals surface area contributed by atoms with Crippen molar-refractivity contribution in [3.8, 4) is 0 Å². The van der Waals surface area contributed by atoms with Gasteiger partial charge >= 0.3 is 0 Å². The van der Waals surface area contributed by atoms with E-state index in [-0.39, 0.29) is 6.04 Å². The number of aromatic nitrogens is 2. The van der Waals surface area contributed by atoms with Crippen molar-refractivity contribution < 1.29 is 4.74 Å². The van der Waals surface area contributed by atoms with Crippen LogP contribution in [0.25, 0.3) is 0 Å². The highest BCUT2D eigenvalue weighted by Gasteiger charge is 2.23. The Morgan fingerprint density at radius 2 is 2.33 bits per heavy atom. The number of hydrogen-bond acceptors (Lipinski definition) is 4. The third-order valence-corrected chi connectivity index (χ3v) is 2.89. The van der Waals surface area contributed by atoms with Gasteiger partial charge in [-0.2, -0.15) is 0 Å². The SMILES string of the molecule is Cc1[nH]cnc1C(CN)N1CCOCC1. The molecule has 15 heavy (non-hydrogen) atoms. The number of aryl methyl sites for hydroxylation is 1. The Morgan fingerprint density at radius 3 is 2.87 bits per heavy atom. The van der Waals surface area contributed by atoms with Crippen LogP contribution < -0.4 is 5.73 Å². The molecule has 1 fully saturated rings. The second-order valence-electron chi connectivity index (χ2n) is 3.81. The minimum Gasteiger partial charge on any atom is -0.379 e. The molecule has 1 atom stereocenters. The van der Waals surface area contributed by atoms with Gasteiger partial charge in [0.05, 0.1) is 31.3 Å². The molecule has 2 rings (SSSR count). The fourth-order valence-corrected chi connectivity index (χ4v) is 2.03. The summed E-state index contributed by atoms with van der Waals surface area (Å²) < 4.78 is 5.33. The van der Waals surface area contributed by atoms with Gasteiger partial charge in [-0.05, 0) is 6.92 Å². The van der Waals surface area contributed by atoms with Gasteiger partial charge in [0, 0.05) is 25.3 Å². The van der Waals surface area contributed by atoms with Crippen LogP contribution in [-0.2, 0) is 4.74 Å². The Kier molecular flexibility index (Phi) is 3.35. The average molecular weight is 210 g/mol. The molecule has 0 bridgehead atoms. The molecule has 3 N–H and O–H groups in total. The zero-order chi connectivity index (χ0) is 10.7. The number of nitrogens with two attached hydrogens (primary N) is 1. The molecule has 0 aromatic carbocycles. The van der Waals surface area contributed by atoms with E-state index in [1.54, 1.807) is 6.33 Å². The molecule has 0 radical (unpaired) electrons. The van der Waals surface area contributed by atoms with Crippen molar-refractivity contribution in [3.05, 3.63) is 17.7 Å². The number of H-pyrrole nitrogens is 1. The first kappa shape index (κ1) is 10.6. The summed E-state index contributed by atoms with van der Waals surface area (Å²) in [6, 6.07) is 0.222. The second-order valence-corrected chi connectivity index (χ2v) is 3.81. The minimum atomic E-state index is 0.222. The van der Waals surface area contributed by atoms with E-state index in [4.69, 9.17) is 10.5 Å². The number of morpholine rings is 1. The number of imidazole rings is 1. The molecule has 0 amide bonds. The van der Waals surface area contributed by atoms with E-state index in [0.29, 0.717) is 6.54 Å². The van der Waals surface area contributed by atoms with Gasteiger partial charge in [-0.15, -0.1) is 0 Å². The van der Waals surface area contributed by atoms with Gasteiger partial charge < -0.3 is 15.5 Å². The molecule has 1 unspecified atom stereocenters. The van der Waals surface area contributed by atoms with Gasteiger partial charge in [-0.3, -0.25) is 4.90 Å². The highest BCUT2D eigenvalue weighted by atomic mass is 16.5. The molecule has 84 valence electrons. The van der Waals surface area contributed by atoms with E-state index in [0.717, 1.165) is 37.7 Å². The molecule has 0 aliphatic carbocycles. The maximum atomic E-state index is 5.83. The quantitative estimate of drug-likeness (QED) is 0.739. The van der Waals surface area contributed by atoms with E-state index < -0.39 is 0 Å². The summed E-state index contributed by atoms with van der Waals surface area (Å²) in [5.74, 6) is 0. The van der Waals surface area contributed by atoms with E-state index in [2.05, 4.69) is 14.9 Å². The molecule has 1 aliphatic heterocycles. The lowest BCUT2D eigenvalue weighted by Crippen LogP contribution is -2.42. The van der Waals surface area contributed by atoms with Gasteiger partial charge in [0.15, 0.2) is 0 Å². The second kappa shape index (κ2) is 4.74. The van der Waals surface area contributed by atoms with Gasteiger partial charge in [0.1, 0.15) is 0 Å². The lowest BCUT2D eigenvalue weighted by Gasteiger charge is -2.33. The van der Waals surface area contributed by atoms with E-state index in [1.165, 1.54) is 0 Å². The fourth-order valence-electron chi connectivity index (χ4n) is 2.03.